The van der Waals surface area contributed by atoms with Crippen LogP contribution in [0.2, 0.25) is 0 Å². The number of piperidine rings is 1. The van der Waals surface area contributed by atoms with Gasteiger partial charge in [-0.15, -0.1) is 0 Å². The van der Waals surface area contributed by atoms with Crippen molar-refractivity contribution in [2.45, 2.75) is 37.9 Å². The molecule has 76 valence electrons. The number of hydrogen-bond donors (Lipinski definition) is 1. The molecule has 0 aromatic heterocycles. The number of hydrogen-bond acceptors (Lipinski definition) is 2. The monoisotopic (exact) mass is 187 g/mol. The summed E-state index contributed by atoms with van der Waals surface area (Å²) < 4.78 is 19.1. The fourth-order valence-electron chi connectivity index (χ4n) is 2.28. The summed E-state index contributed by atoms with van der Waals surface area (Å²) in [7, 11) is 0. The average Bonchev–Trinajstić information content (AvgIpc) is 2.71. The Balaban J connectivity index is 1.83. The zero-order chi connectivity index (χ0) is 9.10. The van der Waals surface area contributed by atoms with E-state index in [1.807, 2.05) is 0 Å². The highest BCUT2D eigenvalue weighted by molar-refractivity contribution is 4.85. The second-order valence-electron chi connectivity index (χ2n) is 4.12. The predicted molar refractivity (Wildman–Crippen MR) is 49.5 cm³/mol. The standard InChI is InChI=1S/C10H18FNO/c11-10(8-4-6-13-7-8)9-3-1-2-5-12-9/h8-10,12H,1-7H2. The molecule has 0 amide bonds. The topological polar surface area (TPSA) is 21.3 Å². The molecular weight excluding hydrogens is 169 g/mol. The molecular formula is C10H18FNO. The zero-order valence-corrected chi connectivity index (χ0v) is 7.97. The van der Waals surface area contributed by atoms with Crippen molar-refractivity contribution >= 4 is 0 Å². The normalized spacial score (nSPS) is 37.6. The van der Waals surface area contributed by atoms with Crippen LogP contribution in [0.1, 0.15) is 25.7 Å². The number of halogens is 1. The van der Waals surface area contributed by atoms with Crippen LogP contribution in [0.5, 0.6) is 0 Å². The molecule has 2 fully saturated rings. The minimum absolute atomic E-state index is 0.0976. The lowest BCUT2D eigenvalue weighted by Gasteiger charge is -2.29. The van der Waals surface area contributed by atoms with Crippen LogP contribution in [0, 0.1) is 5.92 Å². The Morgan fingerprint density at radius 3 is 2.85 bits per heavy atom. The predicted octanol–water partition coefficient (Wildman–Crippen LogP) is 1.50. The Labute approximate surface area is 78.8 Å². The molecule has 2 heterocycles. The maximum absolute atomic E-state index is 13.9. The molecule has 0 aromatic rings. The van der Waals surface area contributed by atoms with Crippen LogP contribution < -0.4 is 5.32 Å². The highest BCUT2D eigenvalue weighted by atomic mass is 19.1. The lowest BCUT2D eigenvalue weighted by atomic mass is 9.91. The first-order valence-electron chi connectivity index (χ1n) is 5.33. The van der Waals surface area contributed by atoms with Crippen molar-refractivity contribution in [3.63, 3.8) is 0 Å². The minimum atomic E-state index is -0.692. The maximum Gasteiger partial charge on any atom is 0.120 e. The molecule has 2 aliphatic rings. The Bertz CT molecular complexity index is 153. The van der Waals surface area contributed by atoms with Crippen molar-refractivity contribution in [3.8, 4) is 0 Å². The summed E-state index contributed by atoms with van der Waals surface area (Å²) in [5, 5.41) is 3.27. The van der Waals surface area contributed by atoms with Gasteiger partial charge in [0.15, 0.2) is 0 Å². The Kier molecular flexibility index (Phi) is 3.17. The summed E-state index contributed by atoms with van der Waals surface area (Å²) in [6.07, 6.45) is 3.58. The third-order valence-corrected chi connectivity index (χ3v) is 3.15. The number of rotatable bonds is 2. The molecule has 2 nitrogen and oxygen atoms in total. The summed E-state index contributed by atoms with van der Waals surface area (Å²) >= 11 is 0. The van der Waals surface area contributed by atoms with Crippen molar-refractivity contribution in [2.75, 3.05) is 19.8 Å². The maximum atomic E-state index is 13.9. The summed E-state index contributed by atoms with van der Waals surface area (Å²) in [5.41, 5.74) is 0. The van der Waals surface area contributed by atoms with E-state index in [1.165, 1.54) is 12.8 Å². The van der Waals surface area contributed by atoms with E-state index >= 15 is 0 Å². The van der Waals surface area contributed by atoms with Gasteiger partial charge in [0.1, 0.15) is 6.17 Å². The first-order chi connectivity index (χ1) is 6.38. The van der Waals surface area contributed by atoms with Gasteiger partial charge < -0.3 is 10.1 Å². The molecule has 0 bridgehead atoms. The highest BCUT2D eigenvalue weighted by Gasteiger charge is 2.32. The fraction of sp³-hybridized carbons (Fsp3) is 1.00. The average molecular weight is 187 g/mol. The summed E-state index contributed by atoms with van der Waals surface area (Å²) in [6, 6.07) is 0.0976. The molecule has 0 aliphatic carbocycles. The van der Waals surface area contributed by atoms with Crippen LogP contribution in [-0.2, 0) is 4.74 Å². The van der Waals surface area contributed by atoms with E-state index in [1.54, 1.807) is 0 Å². The van der Waals surface area contributed by atoms with E-state index in [-0.39, 0.29) is 12.0 Å². The third-order valence-electron chi connectivity index (χ3n) is 3.15. The second kappa shape index (κ2) is 4.38. The fourth-order valence-corrected chi connectivity index (χ4v) is 2.28. The first-order valence-corrected chi connectivity index (χ1v) is 5.33. The van der Waals surface area contributed by atoms with Crippen LogP contribution in [0.4, 0.5) is 4.39 Å². The SMILES string of the molecule is FC(C1CCOC1)C1CCCCN1. The molecule has 13 heavy (non-hydrogen) atoms. The van der Waals surface area contributed by atoms with Crippen LogP contribution in [-0.4, -0.2) is 32.0 Å². The van der Waals surface area contributed by atoms with Gasteiger partial charge in [0.25, 0.3) is 0 Å². The van der Waals surface area contributed by atoms with E-state index in [0.29, 0.717) is 6.61 Å². The smallest absolute Gasteiger partial charge is 0.120 e. The molecule has 3 unspecified atom stereocenters. The van der Waals surface area contributed by atoms with Crippen molar-refractivity contribution < 1.29 is 9.13 Å². The van der Waals surface area contributed by atoms with Gasteiger partial charge in [-0.25, -0.2) is 4.39 Å². The summed E-state index contributed by atoms with van der Waals surface area (Å²) in [6.45, 7) is 2.36. The molecule has 0 radical (unpaired) electrons. The van der Waals surface area contributed by atoms with E-state index in [2.05, 4.69) is 5.32 Å². The van der Waals surface area contributed by atoms with Gasteiger partial charge in [-0.1, -0.05) is 6.42 Å². The molecule has 0 saturated carbocycles. The molecule has 3 heteroatoms. The van der Waals surface area contributed by atoms with Crippen LogP contribution in [0.15, 0.2) is 0 Å². The Morgan fingerprint density at radius 2 is 2.23 bits per heavy atom. The Morgan fingerprint density at radius 1 is 1.31 bits per heavy atom. The van der Waals surface area contributed by atoms with E-state index in [9.17, 15) is 4.39 Å². The number of ether oxygens (including phenoxy) is 1. The van der Waals surface area contributed by atoms with Crippen molar-refractivity contribution in [3.05, 3.63) is 0 Å². The highest BCUT2D eigenvalue weighted by Crippen LogP contribution is 2.25. The van der Waals surface area contributed by atoms with E-state index in [4.69, 9.17) is 4.74 Å². The van der Waals surface area contributed by atoms with E-state index < -0.39 is 6.17 Å². The van der Waals surface area contributed by atoms with Gasteiger partial charge in [0.05, 0.1) is 6.61 Å². The zero-order valence-electron chi connectivity index (χ0n) is 7.97. The molecule has 1 N–H and O–H groups in total. The first kappa shape index (κ1) is 9.41. The van der Waals surface area contributed by atoms with Crippen LogP contribution in [0.25, 0.3) is 0 Å². The largest absolute Gasteiger partial charge is 0.381 e. The quantitative estimate of drug-likeness (QED) is 0.707. The van der Waals surface area contributed by atoms with Crippen molar-refractivity contribution in [1.82, 2.24) is 5.32 Å². The molecule has 2 saturated heterocycles. The Hall–Kier alpha value is -0.150. The van der Waals surface area contributed by atoms with Crippen LogP contribution >= 0.6 is 0 Å². The summed E-state index contributed by atoms with van der Waals surface area (Å²) in [4.78, 5) is 0. The molecule has 2 aliphatic heterocycles. The second-order valence-corrected chi connectivity index (χ2v) is 4.12. The van der Waals surface area contributed by atoms with Crippen LogP contribution in [0.3, 0.4) is 0 Å². The third kappa shape index (κ3) is 2.20. The van der Waals surface area contributed by atoms with Crippen molar-refractivity contribution in [1.29, 1.82) is 0 Å². The van der Waals surface area contributed by atoms with Gasteiger partial charge in [-0.2, -0.15) is 0 Å². The van der Waals surface area contributed by atoms with Gasteiger partial charge in [0, 0.05) is 18.6 Å². The van der Waals surface area contributed by atoms with E-state index in [0.717, 1.165) is 26.0 Å². The van der Waals surface area contributed by atoms with Gasteiger partial charge in [0.2, 0.25) is 0 Å². The number of alkyl halides is 1. The van der Waals surface area contributed by atoms with Crippen molar-refractivity contribution in [2.24, 2.45) is 5.92 Å². The molecule has 0 spiro atoms. The minimum Gasteiger partial charge on any atom is -0.381 e. The molecule has 2 rings (SSSR count). The van der Waals surface area contributed by atoms with Gasteiger partial charge >= 0.3 is 0 Å². The van der Waals surface area contributed by atoms with Gasteiger partial charge in [-0.3, -0.25) is 0 Å². The lowest BCUT2D eigenvalue weighted by Crippen LogP contribution is -2.44. The molecule has 3 atom stereocenters. The number of nitrogens with one attached hydrogen (secondary N) is 1. The van der Waals surface area contributed by atoms with Gasteiger partial charge in [-0.05, 0) is 25.8 Å². The summed E-state index contributed by atoms with van der Waals surface area (Å²) in [5.74, 6) is 0.149. The lowest BCUT2D eigenvalue weighted by molar-refractivity contribution is 0.122. The molecule has 0 aromatic carbocycles.